The van der Waals surface area contributed by atoms with Gasteiger partial charge in [0.15, 0.2) is 0 Å². The van der Waals surface area contributed by atoms with Crippen molar-refractivity contribution in [3.63, 3.8) is 0 Å². The highest BCUT2D eigenvalue weighted by Gasteiger charge is 2.22. The molecule has 0 radical (unpaired) electrons. The zero-order chi connectivity index (χ0) is 17.6. The Hall–Kier alpha value is -2.32. The predicted octanol–water partition coefficient (Wildman–Crippen LogP) is 1.98. The predicted molar refractivity (Wildman–Crippen MR) is 85.3 cm³/mol. The van der Waals surface area contributed by atoms with Gasteiger partial charge in [-0.15, -0.1) is 0 Å². The maximum absolute atomic E-state index is 13.2. The van der Waals surface area contributed by atoms with Crippen molar-refractivity contribution in [3.05, 3.63) is 60.2 Å². The lowest BCUT2D eigenvalue weighted by molar-refractivity contribution is -0.137. The molecule has 2 rings (SSSR count). The van der Waals surface area contributed by atoms with Crippen LogP contribution in [-0.4, -0.2) is 30.5 Å². The fourth-order valence-electron chi connectivity index (χ4n) is 2.23. The van der Waals surface area contributed by atoms with Crippen molar-refractivity contribution in [1.29, 1.82) is 0 Å². The number of hydrogen-bond acceptors (Lipinski definition) is 4. The van der Waals surface area contributed by atoms with E-state index >= 15 is 0 Å². The number of nitrogens with one attached hydrogen (secondary N) is 1. The van der Waals surface area contributed by atoms with E-state index in [-0.39, 0.29) is 17.7 Å². The third-order valence-corrected chi connectivity index (χ3v) is 4.83. The van der Waals surface area contributed by atoms with Gasteiger partial charge in [-0.3, -0.25) is 9.78 Å². The van der Waals surface area contributed by atoms with Crippen LogP contribution in [0.15, 0.2) is 53.7 Å². The number of halogens is 1. The van der Waals surface area contributed by atoms with Crippen molar-refractivity contribution in [1.82, 2.24) is 9.71 Å². The molecule has 0 spiro atoms. The second-order valence-corrected chi connectivity index (χ2v) is 6.99. The van der Waals surface area contributed by atoms with Crippen LogP contribution in [0.2, 0.25) is 0 Å². The zero-order valence-corrected chi connectivity index (χ0v) is 13.5. The molecule has 1 aromatic heterocycles. The molecule has 0 aliphatic rings. The molecule has 0 bridgehead atoms. The minimum atomic E-state index is -4.00. The average Bonchev–Trinajstić information content (AvgIpc) is 2.53. The summed E-state index contributed by atoms with van der Waals surface area (Å²) in [7, 11) is -4.00. The molecule has 2 aromatic rings. The fourth-order valence-corrected chi connectivity index (χ4v) is 3.47. The van der Waals surface area contributed by atoms with Crippen LogP contribution in [-0.2, 0) is 21.2 Å². The first-order valence-corrected chi connectivity index (χ1v) is 8.74. The van der Waals surface area contributed by atoms with Crippen molar-refractivity contribution in [3.8, 4) is 0 Å². The lowest BCUT2D eigenvalue weighted by atomic mass is 10.0. The van der Waals surface area contributed by atoms with E-state index in [1.165, 1.54) is 0 Å². The maximum atomic E-state index is 13.2. The fraction of sp³-hybridized carbons (Fsp3) is 0.250. The quantitative estimate of drug-likeness (QED) is 0.757. The third-order valence-electron chi connectivity index (χ3n) is 3.34. The Kier molecular flexibility index (Phi) is 5.99. The first-order chi connectivity index (χ1) is 11.4. The van der Waals surface area contributed by atoms with E-state index in [1.807, 2.05) is 30.3 Å². The molecule has 2 N–H and O–H groups in total. The van der Waals surface area contributed by atoms with Gasteiger partial charge in [0.2, 0.25) is 10.0 Å². The van der Waals surface area contributed by atoms with Gasteiger partial charge in [0.05, 0.1) is 6.20 Å². The summed E-state index contributed by atoms with van der Waals surface area (Å²) in [6.07, 6.45) is 2.22. The van der Waals surface area contributed by atoms with Crippen LogP contribution in [0.1, 0.15) is 18.4 Å². The summed E-state index contributed by atoms with van der Waals surface area (Å²) in [4.78, 5) is 14.0. The number of aliphatic carboxylic acids is 1. The highest BCUT2D eigenvalue weighted by molar-refractivity contribution is 7.89. The number of benzene rings is 1. The molecule has 0 fully saturated rings. The minimum absolute atomic E-state index is 0.117. The van der Waals surface area contributed by atoms with Crippen LogP contribution < -0.4 is 4.72 Å². The van der Waals surface area contributed by atoms with Crippen LogP contribution in [0, 0.1) is 5.82 Å². The highest BCUT2D eigenvalue weighted by atomic mass is 32.2. The molecule has 1 aromatic carbocycles. The van der Waals surface area contributed by atoms with Crippen molar-refractivity contribution >= 4 is 16.0 Å². The van der Waals surface area contributed by atoms with Gasteiger partial charge in [-0.1, -0.05) is 30.3 Å². The van der Waals surface area contributed by atoms with Gasteiger partial charge < -0.3 is 5.11 Å². The van der Waals surface area contributed by atoms with Gasteiger partial charge in [-0.2, -0.15) is 0 Å². The van der Waals surface area contributed by atoms with Crippen LogP contribution >= 0.6 is 0 Å². The Labute approximate surface area is 139 Å². The molecule has 1 heterocycles. The number of hydrogen-bond donors (Lipinski definition) is 2. The molecule has 0 aliphatic carbocycles. The topological polar surface area (TPSA) is 96.4 Å². The van der Waals surface area contributed by atoms with E-state index in [9.17, 15) is 17.6 Å². The van der Waals surface area contributed by atoms with Crippen molar-refractivity contribution in [2.75, 3.05) is 0 Å². The molecule has 6 nitrogen and oxygen atoms in total. The summed E-state index contributed by atoms with van der Waals surface area (Å²) in [5.74, 6) is -1.78. The van der Waals surface area contributed by atoms with Crippen LogP contribution in [0.25, 0.3) is 0 Å². The van der Waals surface area contributed by atoms with Gasteiger partial charge in [0, 0.05) is 18.7 Å². The highest BCUT2D eigenvalue weighted by Crippen LogP contribution is 2.14. The average molecular weight is 352 g/mol. The monoisotopic (exact) mass is 352 g/mol. The summed E-state index contributed by atoms with van der Waals surface area (Å²) >= 11 is 0. The summed E-state index contributed by atoms with van der Waals surface area (Å²) in [6.45, 7) is 0. The molecule has 1 atom stereocenters. The van der Waals surface area contributed by atoms with E-state index in [1.54, 1.807) is 0 Å². The van der Waals surface area contributed by atoms with Crippen molar-refractivity contribution in [2.45, 2.75) is 30.2 Å². The molecule has 0 aliphatic heterocycles. The summed E-state index contributed by atoms with van der Waals surface area (Å²) < 4.78 is 40.4. The lowest BCUT2D eigenvalue weighted by Crippen LogP contribution is -2.37. The number of aromatic nitrogens is 1. The Balaban J connectivity index is 2.18. The minimum Gasteiger partial charge on any atom is -0.481 e. The second kappa shape index (κ2) is 7.98. The number of sulfonamides is 1. The number of rotatable bonds is 8. The summed E-state index contributed by atoms with van der Waals surface area (Å²) in [6, 6.07) is 9.35. The maximum Gasteiger partial charge on any atom is 0.303 e. The smallest absolute Gasteiger partial charge is 0.303 e. The lowest BCUT2D eigenvalue weighted by Gasteiger charge is -2.18. The summed E-state index contributed by atoms with van der Waals surface area (Å²) in [5.41, 5.74) is 0.868. The molecule has 8 heteroatoms. The number of carbonyl (C=O) groups is 1. The van der Waals surface area contributed by atoms with Gasteiger partial charge >= 0.3 is 5.97 Å². The molecule has 0 amide bonds. The van der Waals surface area contributed by atoms with E-state index in [0.29, 0.717) is 6.42 Å². The molecule has 128 valence electrons. The number of carboxylic acids is 1. The first kappa shape index (κ1) is 18.0. The number of pyridine rings is 1. The molecule has 0 saturated carbocycles. The first-order valence-electron chi connectivity index (χ1n) is 7.25. The van der Waals surface area contributed by atoms with Gasteiger partial charge in [0.25, 0.3) is 0 Å². The van der Waals surface area contributed by atoms with Crippen LogP contribution in [0.3, 0.4) is 0 Å². The molecule has 0 saturated heterocycles. The molecular formula is C16H17FN2O4S. The largest absolute Gasteiger partial charge is 0.481 e. The zero-order valence-electron chi connectivity index (χ0n) is 12.7. The number of carboxylic acid groups (broad SMARTS) is 1. The Morgan fingerprint density at radius 1 is 1.25 bits per heavy atom. The Morgan fingerprint density at radius 2 is 1.96 bits per heavy atom. The number of nitrogens with zero attached hydrogens (tertiary/aromatic N) is 1. The molecular weight excluding hydrogens is 335 g/mol. The van der Waals surface area contributed by atoms with E-state index < -0.39 is 27.9 Å². The van der Waals surface area contributed by atoms with Crippen molar-refractivity contribution in [2.24, 2.45) is 0 Å². The normalized spacial score (nSPS) is 12.7. The van der Waals surface area contributed by atoms with Gasteiger partial charge in [-0.05, 0) is 24.5 Å². The van der Waals surface area contributed by atoms with E-state index in [0.717, 1.165) is 24.0 Å². The van der Waals surface area contributed by atoms with Crippen molar-refractivity contribution < 1.29 is 22.7 Å². The summed E-state index contributed by atoms with van der Waals surface area (Å²) in [5, 5.41) is 8.84. The van der Waals surface area contributed by atoms with Crippen LogP contribution in [0.4, 0.5) is 4.39 Å². The van der Waals surface area contributed by atoms with Crippen LogP contribution in [0.5, 0.6) is 0 Å². The van der Waals surface area contributed by atoms with Gasteiger partial charge in [-0.25, -0.2) is 17.5 Å². The SMILES string of the molecule is O=C(O)CCC(Cc1ccccc1)NS(=O)(=O)c1cncc(F)c1. The molecule has 24 heavy (non-hydrogen) atoms. The van der Waals surface area contributed by atoms with E-state index in [4.69, 9.17) is 5.11 Å². The van der Waals surface area contributed by atoms with E-state index in [2.05, 4.69) is 9.71 Å². The van der Waals surface area contributed by atoms with Gasteiger partial charge in [0.1, 0.15) is 10.7 Å². The third kappa shape index (κ3) is 5.39. The Morgan fingerprint density at radius 3 is 2.58 bits per heavy atom. The standard InChI is InChI=1S/C16H17FN2O4S/c17-13-9-15(11-18-10-13)24(22,23)19-14(6-7-16(20)21)8-12-4-2-1-3-5-12/h1-5,9-11,14,19H,6-8H2,(H,20,21). The second-order valence-electron chi connectivity index (χ2n) is 5.28. The Bertz CT molecular complexity index is 797. The molecule has 1 unspecified atom stereocenters.